The van der Waals surface area contributed by atoms with E-state index in [-0.39, 0.29) is 17.9 Å². The van der Waals surface area contributed by atoms with Crippen LogP contribution in [0.2, 0.25) is 0 Å². The average Bonchev–Trinajstić information content (AvgIpc) is 2.65. The first kappa shape index (κ1) is 18.7. The van der Waals surface area contributed by atoms with E-state index in [0.29, 0.717) is 11.4 Å². The zero-order valence-corrected chi connectivity index (χ0v) is 14.0. The van der Waals surface area contributed by atoms with Crippen molar-refractivity contribution in [2.75, 3.05) is 11.6 Å². The Kier molecular flexibility index (Phi) is 6.35. The normalized spacial score (nSPS) is 11.6. The fraction of sp³-hybridized carbons (Fsp3) is 0.176. The fourth-order valence-electron chi connectivity index (χ4n) is 2.27. The van der Waals surface area contributed by atoms with Crippen LogP contribution >= 0.6 is 11.8 Å². The summed E-state index contributed by atoms with van der Waals surface area (Å²) >= 11 is 6.13. The molecule has 0 unspecified atom stereocenters. The second-order valence-corrected chi connectivity index (χ2v) is 5.71. The van der Waals surface area contributed by atoms with Crippen molar-refractivity contribution in [3.05, 3.63) is 65.7 Å². The van der Waals surface area contributed by atoms with E-state index in [0.717, 1.165) is 9.98 Å². The lowest BCUT2D eigenvalue weighted by atomic mass is 10.1. The van der Waals surface area contributed by atoms with Gasteiger partial charge in [0.1, 0.15) is 0 Å². The SMILES string of the molecule is NN(C(=O)O)c1ccc(C(=O)N(Cl)[C@H](CO)Cc2ccccc2)cc1. The van der Waals surface area contributed by atoms with Crippen molar-refractivity contribution in [1.29, 1.82) is 0 Å². The van der Waals surface area contributed by atoms with E-state index in [9.17, 15) is 14.7 Å². The van der Waals surface area contributed by atoms with Gasteiger partial charge in [0, 0.05) is 17.3 Å². The Bertz CT molecular complexity index is 724. The molecule has 0 fully saturated rings. The number of anilines is 1. The minimum absolute atomic E-state index is 0.216. The molecule has 0 spiro atoms. The van der Waals surface area contributed by atoms with Crippen LogP contribution < -0.4 is 10.9 Å². The molecule has 0 saturated carbocycles. The predicted octanol–water partition coefficient (Wildman–Crippen LogP) is 2.24. The summed E-state index contributed by atoms with van der Waals surface area (Å²) < 4.78 is 0.958. The first-order valence-electron chi connectivity index (χ1n) is 7.46. The maximum absolute atomic E-state index is 12.5. The molecule has 2 aromatic carbocycles. The molecular formula is C17H18ClN3O4. The second-order valence-electron chi connectivity index (χ2n) is 5.34. The van der Waals surface area contributed by atoms with Crippen LogP contribution in [0.3, 0.4) is 0 Å². The van der Waals surface area contributed by atoms with Gasteiger partial charge in [-0.1, -0.05) is 30.3 Å². The van der Waals surface area contributed by atoms with Crippen molar-refractivity contribution in [2.45, 2.75) is 12.5 Å². The van der Waals surface area contributed by atoms with Crippen molar-refractivity contribution in [3.8, 4) is 0 Å². The number of aliphatic hydroxyl groups excluding tert-OH is 1. The Labute approximate surface area is 149 Å². The summed E-state index contributed by atoms with van der Waals surface area (Å²) in [4.78, 5) is 23.3. The number of hydrogen-bond donors (Lipinski definition) is 3. The van der Waals surface area contributed by atoms with Crippen LogP contribution in [0.4, 0.5) is 10.5 Å². The van der Waals surface area contributed by atoms with E-state index in [4.69, 9.17) is 22.7 Å². The van der Waals surface area contributed by atoms with E-state index in [1.807, 2.05) is 30.3 Å². The van der Waals surface area contributed by atoms with Crippen molar-refractivity contribution in [2.24, 2.45) is 5.84 Å². The van der Waals surface area contributed by atoms with E-state index >= 15 is 0 Å². The molecule has 0 heterocycles. The number of amides is 2. The molecule has 7 nitrogen and oxygen atoms in total. The summed E-state index contributed by atoms with van der Waals surface area (Å²) in [6, 6.07) is 14.4. The Morgan fingerprint density at radius 1 is 1.08 bits per heavy atom. The number of benzene rings is 2. The summed E-state index contributed by atoms with van der Waals surface area (Å²) in [5, 5.41) is 18.9. The third kappa shape index (κ3) is 4.69. The summed E-state index contributed by atoms with van der Waals surface area (Å²) in [7, 11) is 0. The molecule has 132 valence electrons. The van der Waals surface area contributed by atoms with Crippen molar-refractivity contribution in [1.82, 2.24) is 4.42 Å². The summed E-state index contributed by atoms with van der Waals surface area (Å²) in [6.45, 7) is -0.294. The largest absolute Gasteiger partial charge is 0.464 e. The third-order valence-electron chi connectivity index (χ3n) is 3.64. The summed E-state index contributed by atoms with van der Waals surface area (Å²) in [5.41, 5.74) is 1.41. The van der Waals surface area contributed by atoms with E-state index in [2.05, 4.69) is 0 Å². The quantitative estimate of drug-likeness (QED) is 0.316. The maximum atomic E-state index is 12.5. The Morgan fingerprint density at radius 2 is 1.68 bits per heavy atom. The van der Waals surface area contributed by atoms with Gasteiger partial charge in [0.25, 0.3) is 5.91 Å². The highest BCUT2D eigenvalue weighted by Gasteiger charge is 2.23. The number of carbonyl (C=O) groups excluding carboxylic acids is 1. The standard InChI is InChI=1S/C17H18ClN3O4/c18-20(15(11-22)10-12-4-2-1-3-5-12)16(23)13-6-8-14(9-7-13)21(19)17(24)25/h1-9,15,22H,10-11,19H2,(H,24,25)/t15-/m0/s1. The first-order valence-corrected chi connectivity index (χ1v) is 7.79. The molecule has 0 aliphatic rings. The first-order chi connectivity index (χ1) is 11.9. The Morgan fingerprint density at radius 3 is 2.20 bits per heavy atom. The number of hydrazine groups is 1. The smallest absolute Gasteiger partial charge is 0.426 e. The topological polar surface area (TPSA) is 107 Å². The van der Waals surface area contributed by atoms with Crippen LogP contribution in [0.25, 0.3) is 0 Å². The number of rotatable bonds is 6. The number of halogens is 1. The van der Waals surface area contributed by atoms with Crippen LogP contribution in [-0.4, -0.2) is 39.3 Å². The average molecular weight is 364 g/mol. The fourth-order valence-corrected chi connectivity index (χ4v) is 2.50. The van der Waals surface area contributed by atoms with Gasteiger partial charge < -0.3 is 10.2 Å². The molecule has 2 aromatic rings. The van der Waals surface area contributed by atoms with E-state index in [1.54, 1.807) is 0 Å². The molecule has 25 heavy (non-hydrogen) atoms. The highest BCUT2D eigenvalue weighted by Crippen LogP contribution is 2.18. The molecule has 2 rings (SSSR count). The van der Waals surface area contributed by atoms with Gasteiger partial charge in [-0.05, 0) is 36.2 Å². The third-order valence-corrected chi connectivity index (χ3v) is 4.07. The van der Waals surface area contributed by atoms with Gasteiger partial charge >= 0.3 is 6.09 Å². The molecule has 0 aliphatic heterocycles. The summed E-state index contributed by atoms with van der Waals surface area (Å²) in [6.07, 6.45) is -0.915. The number of carboxylic acid groups (broad SMARTS) is 1. The molecule has 0 bridgehead atoms. The number of aliphatic hydroxyl groups is 1. The molecule has 0 radical (unpaired) electrons. The van der Waals surface area contributed by atoms with Crippen LogP contribution in [-0.2, 0) is 6.42 Å². The van der Waals surface area contributed by atoms with Gasteiger partial charge in [0.2, 0.25) is 0 Å². The lowest BCUT2D eigenvalue weighted by Crippen LogP contribution is -2.37. The van der Waals surface area contributed by atoms with E-state index in [1.165, 1.54) is 24.3 Å². The predicted molar refractivity (Wildman–Crippen MR) is 94.2 cm³/mol. The molecule has 1 atom stereocenters. The summed E-state index contributed by atoms with van der Waals surface area (Å²) in [5.74, 6) is 4.86. The Hall–Kier alpha value is -2.61. The molecule has 0 saturated heterocycles. The van der Waals surface area contributed by atoms with Gasteiger partial charge in [-0.2, -0.15) is 0 Å². The van der Waals surface area contributed by atoms with Crippen LogP contribution in [0, 0.1) is 0 Å². The van der Waals surface area contributed by atoms with Gasteiger partial charge in [-0.15, -0.1) is 0 Å². The van der Waals surface area contributed by atoms with Crippen LogP contribution in [0.1, 0.15) is 15.9 Å². The van der Waals surface area contributed by atoms with Crippen molar-refractivity contribution >= 4 is 29.5 Å². The molecule has 0 aliphatic carbocycles. The monoisotopic (exact) mass is 363 g/mol. The highest BCUT2D eigenvalue weighted by atomic mass is 35.5. The van der Waals surface area contributed by atoms with Crippen LogP contribution in [0.15, 0.2) is 54.6 Å². The zero-order chi connectivity index (χ0) is 18.4. The van der Waals surface area contributed by atoms with Crippen LogP contribution in [0.5, 0.6) is 0 Å². The van der Waals surface area contributed by atoms with Crippen molar-refractivity contribution in [3.63, 3.8) is 0 Å². The number of hydrogen-bond acceptors (Lipinski definition) is 4. The lowest BCUT2D eigenvalue weighted by Gasteiger charge is -2.24. The van der Waals surface area contributed by atoms with Crippen molar-refractivity contribution < 1.29 is 19.8 Å². The molecule has 4 N–H and O–H groups in total. The molecular weight excluding hydrogens is 346 g/mol. The number of nitrogens with two attached hydrogens (primary N) is 1. The highest BCUT2D eigenvalue weighted by molar-refractivity contribution is 6.24. The molecule has 8 heteroatoms. The maximum Gasteiger partial charge on any atom is 0.426 e. The van der Waals surface area contributed by atoms with E-state index < -0.39 is 18.0 Å². The van der Waals surface area contributed by atoms with Gasteiger partial charge in [0.05, 0.1) is 18.3 Å². The second kappa shape index (κ2) is 8.48. The number of nitrogens with zero attached hydrogens (tertiary/aromatic N) is 2. The number of carbonyl (C=O) groups is 2. The molecule has 0 aromatic heterocycles. The zero-order valence-electron chi connectivity index (χ0n) is 13.2. The molecule has 2 amide bonds. The Balaban J connectivity index is 2.11. The minimum atomic E-state index is -1.32. The van der Waals surface area contributed by atoms with Gasteiger partial charge in [-0.25, -0.2) is 20.1 Å². The minimum Gasteiger partial charge on any atom is -0.464 e. The van der Waals surface area contributed by atoms with Gasteiger partial charge in [-0.3, -0.25) is 4.79 Å². The van der Waals surface area contributed by atoms with Gasteiger partial charge in [0.15, 0.2) is 0 Å². The lowest BCUT2D eigenvalue weighted by molar-refractivity contribution is 0.0776.